The molecule has 2 aliphatic heterocycles. The number of fused-ring (bicyclic) bond motifs is 2. The van der Waals surface area contributed by atoms with E-state index in [-0.39, 0.29) is 17.9 Å². The molecule has 2 heterocycles. The number of benzene rings is 4. The van der Waals surface area contributed by atoms with E-state index >= 15 is 0 Å². The van der Waals surface area contributed by atoms with Crippen LogP contribution >= 0.6 is 0 Å². The Morgan fingerprint density at radius 1 is 0.676 bits per heavy atom. The second kappa shape index (κ2) is 8.92. The molecule has 0 aromatic heterocycles. The van der Waals surface area contributed by atoms with E-state index in [9.17, 15) is 4.79 Å². The van der Waals surface area contributed by atoms with Gasteiger partial charge in [-0.3, -0.25) is 9.69 Å². The molecule has 4 aromatic rings. The van der Waals surface area contributed by atoms with Crippen LogP contribution in [0.2, 0.25) is 0 Å². The summed E-state index contributed by atoms with van der Waals surface area (Å²) in [6.45, 7) is 1.46. The smallest absolute Gasteiger partial charge is 0.139 e. The van der Waals surface area contributed by atoms with Gasteiger partial charge in [0, 0.05) is 42.5 Å². The van der Waals surface area contributed by atoms with Crippen LogP contribution in [0.4, 0.5) is 0 Å². The minimum absolute atomic E-state index is 0.0306. The van der Waals surface area contributed by atoms with Crippen LogP contribution in [0.3, 0.4) is 0 Å². The highest BCUT2D eigenvalue weighted by molar-refractivity contribution is 5.84. The van der Waals surface area contributed by atoms with Crippen LogP contribution in [0.25, 0.3) is 0 Å². The van der Waals surface area contributed by atoms with Crippen molar-refractivity contribution in [1.82, 2.24) is 4.90 Å². The van der Waals surface area contributed by atoms with Crippen molar-refractivity contribution in [2.24, 2.45) is 5.92 Å². The third-order valence-corrected chi connectivity index (χ3v) is 7.22. The van der Waals surface area contributed by atoms with Gasteiger partial charge in [-0.25, -0.2) is 0 Å². The van der Waals surface area contributed by atoms with Crippen LogP contribution in [-0.4, -0.2) is 23.8 Å². The number of carbonyl (C=O) groups excluding carboxylic acids is 1. The molecule has 0 aliphatic carbocycles. The summed E-state index contributed by atoms with van der Waals surface area (Å²) in [5.74, 6) is 2.08. The molecule has 4 aromatic carbocycles. The van der Waals surface area contributed by atoms with Gasteiger partial charge in [-0.05, 0) is 23.3 Å². The third kappa shape index (κ3) is 3.72. The zero-order chi connectivity index (χ0) is 22.9. The molecular weight excluding hydrogens is 418 g/mol. The van der Waals surface area contributed by atoms with Gasteiger partial charge in [0.25, 0.3) is 0 Å². The van der Waals surface area contributed by atoms with Gasteiger partial charge in [-0.15, -0.1) is 0 Å². The molecular formula is C31H27NO2. The van der Waals surface area contributed by atoms with E-state index in [1.54, 1.807) is 0 Å². The molecule has 0 spiro atoms. The lowest BCUT2D eigenvalue weighted by Crippen LogP contribution is -2.45. The molecule has 1 fully saturated rings. The molecule has 6 rings (SSSR count). The lowest BCUT2D eigenvalue weighted by Gasteiger charge is -2.42. The molecule has 2 aliphatic rings. The highest BCUT2D eigenvalue weighted by Gasteiger charge is 2.40. The molecule has 3 heteroatoms. The van der Waals surface area contributed by atoms with Crippen molar-refractivity contribution >= 4 is 5.78 Å². The Hall–Kier alpha value is -3.69. The summed E-state index contributed by atoms with van der Waals surface area (Å²) >= 11 is 0. The average Bonchev–Trinajstić information content (AvgIpc) is 2.90. The number of hydrogen-bond donors (Lipinski definition) is 0. The SMILES string of the molecule is O=C1CCN(C2c3ccccc3Oc3ccccc32)CC1C(c1ccccc1)c1ccccc1. The van der Waals surface area contributed by atoms with Gasteiger partial charge in [0.2, 0.25) is 0 Å². The molecule has 1 saturated heterocycles. The van der Waals surface area contributed by atoms with E-state index in [4.69, 9.17) is 4.74 Å². The number of nitrogens with zero attached hydrogens (tertiary/aromatic N) is 1. The van der Waals surface area contributed by atoms with Crippen molar-refractivity contribution in [3.63, 3.8) is 0 Å². The summed E-state index contributed by atoms with van der Waals surface area (Å²) < 4.78 is 6.24. The molecule has 34 heavy (non-hydrogen) atoms. The number of ketones is 1. The van der Waals surface area contributed by atoms with Gasteiger partial charge in [0.15, 0.2) is 0 Å². The number of ether oxygens (including phenoxy) is 1. The third-order valence-electron chi connectivity index (χ3n) is 7.22. The summed E-state index contributed by atoms with van der Waals surface area (Å²) in [6.07, 6.45) is 0.558. The lowest BCUT2D eigenvalue weighted by molar-refractivity contribution is -0.127. The van der Waals surface area contributed by atoms with Crippen LogP contribution in [0, 0.1) is 5.92 Å². The summed E-state index contributed by atoms with van der Waals surface area (Å²) in [5.41, 5.74) is 4.74. The maximum absolute atomic E-state index is 13.5. The van der Waals surface area contributed by atoms with Gasteiger partial charge in [0.05, 0.1) is 6.04 Å². The molecule has 168 valence electrons. The second-order valence-electron chi connectivity index (χ2n) is 9.20. The van der Waals surface area contributed by atoms with E-state index in [0.717, 1.165) is 18.0 Å². The number of carbonyl (C=O) groups is 1. The first-order valence-electron chi connectivity index (χ1n) is 12.0. The van der Waals surface area contributed by atoms with Crippen molar-refractivity contribution in [3.8, 4) is 11.5 Å². The molecule has 0 amide bonds. The summed E-state index contributed by atoms with van der Waals surface area (Å²) in [4.78, 5) is 15.9. The Morgan fingerprint density at radius 2 is 1.18 bits per heavy atom. The van der Waals surface area contributed by atoms with Crippen LogP contribution in [0.15, 0.2) is 109 Å². The Bertz CT molecular complexity index is 1220. The predicted molar refractivity (Wildman–Crippen MR) is 134 cm³/mol. The van der Waals surface area contributed by atoms with Crippen molar-refractivity contribution in [2.75, 3.05) is 13.1 Å². The van der Waals surface area contributed by atoms with E-state index in [0.29, 0.717) is 18.7 Å². The quantitative estimate of drug-likeness (QED) is 0.354. The van der Waals surface area contributed by atoms with Crippen molar-refractivity contribution in [2.45, 2.75) is 18.4 Å². The minimum Gasteiger partial charge on any atom is -0.457 e. The summed E-state index contributed by atoms with van der Waals surface area (Å²) in [6, 6.07) is 37.7. The van der Waals surface area contributed by atoms with Gasteiger partial charge < -0.3 is 4.74 Å². The summed E-state index contributed by atoms with van der Waals surface area (Å²) in [7, 11) is 0. The topological polar surface area (TPSA) is 29.5 Å². The highest BCUT2D eigenvalue weighted by atomic mass is 16.5. The Balaban J connectivity index is 1.42. The standard InChI is InChI=1S/C31H27NO2/c33-27-19-20-32(31-24-15-7-9-17-28(24)34-29-18-10-8-16-25(29)31)21-26(27)30(22-11-3-1-4-12-22)23-13-5-2-6-14-23/h1-18,26,30-31H,19-21H2. The molecule has 0 radical (unpaired) electrons. The monoisotopic (exact) mass is 445 g/mol. The number of hydrogen-bond acceptors (Lipinski definition) is 3. The number of Topliss-reactive ketones (excluding diaryl/α,β-unsaturated/α-hetero) is 1. The Morgan fingerprint density at radius 3 is 1.74 bits per heavy atom. The lowest BCUT2D eigenvalue weighted by atomic mass is 9.75. The average molecular weight is 446 g/mol. The molecule has 1 unspecified atom stereocenters. The van der Waals surface area contributed by atoms with Crippen LogP contribution in [0.1, 0.15) is 40.6 Å². The summed E-state index contributed by atoms with van der Waals surface area (Å²) in [5, 5.41) is 0. The van der Waals surface area contributed by atoms with Gasteiger partial charge in [-0.1, -0.05) is 97.1 Å². The Labute approximate surface area is 200 Å². The molecule has 3 nitrogen and oxygen atoms in total. The number of likely N-dealkylation sites (tertiary alicyclic amines) is 1. The molecule has 0 saturated carbocycles. The van der Waals surface area contributed by atoms with Crippen LogP contribution in [0.5, 0.6) is 11.5 Å². The first-order valence-corrected chi connectivity index (χ1v) is 12.0. The van der Waals surface area contributed by atoms with Crippen molar-refractivity contribution in [3.05, 3.63) is 131 Å². The second-order valence-corrected chi connectivity index (χ2v) is 9.20. The maximum Gasteiger partial charge on any atom is 0.139 e. The first kappa shape index (κ1) is 20.9. The molecule has 0 N–H and O–H groups in total. The minimum atomic E-state index is -0.110. The van der Waals surface area contributed by atoms with Crippen molar-refractivity contribution < 1.29 is 9.53 Å². The number of rotatable bonds is 4. The number of para-hydroxylation sites is 2. The Kier molecular flexibility index (Phi) is 5.48. The van der Waals surface area contributed by atoms with Gasteiger partial charge in [0.1, 0.15) is 17.3 Å². The van der Waals surface area contributed by atoms with Crippen molar-refractivity contribution in [1.29, 1.82) is 0 Å². The normalized spacial score (nSPS) is 18.3. The molecule has 1 atom stereocenters. The zero-order valence-corrected chi connectivity index (χ0v) is 19.0. The van der Waals surface area contributed by atoms with E-state index in [1.807, 2.05) is 36.4 Å². The zero-order valence-electron chi connectivity index (χ0n) is 19.0. The van der Waals surface area contributed by atoms with E-state index < -0.39 is 0 Å². The number of piperidine rings is 1. The molecule has 0 bridgehead atoms. The fourth-order valence-electron chi connectivity index (χ4n) is 5.67. The largest absolute Gasteiger partial charge is 0.457 e. The fraction of sp³-hybridized carbons (Fsp3) is 0.194. The fourth-order valence-corrected chi connectivity index (χ4v) is 5.67. The maximum atomic E-state index is 13.5. The van der Waals surface area contributed by atoms with Crippen LogP contribution < -0.4 is 4.74 Å². The first-order chi connectivity index (χ1) is 16.8. The van der Waals surface area contributed by atoms with E-state index in [2.05, 4.69) is 77.7 Å². The van der Waals surface area contributed by atoms with Crippen LogP contribution in [-0.2, 0) is 4.79 Å². The van der Waals surface area contributed by atoms with Gasteiger partial charge in [-0.2, -0.15) is 0 Å². The van der Waals surface area contributed by atoms with Gasteiger partial charge >= 0.3 is 0 Å². The highest BCUT2D eigenvalue weighted by Crippen LogP contribution is 2.47. The predicted octanol–water partition coefficient (Wildman–Crippen LogP) is 6.60. The van der Waals surface area contributed by atoms with E-state index in [1.165, 1.54) is 22.3 Å².